The second-order valence-corrected chi connectivity index (χ2v) is 6.61. The fourth-order valence-corrected chi connectivity index (χ4v) is 3.05. The van der Waals surface area contributed by atoms with Crippen molar-refractivity contribution >= 4 is 17.4 Å². The van der Waals surface area contributed by atoms with E-state index in [-0.39, 0.29) is 17.3 Å². The molecule has 1 amide bonds. The van der Waals surface area contributed by atoms with Crippen molar-refractivity contribution in [1.82, 2.24) is 4.98 Å². The van der Waals surface area contributed by atoms with Gasteiger partial charge in [-0.2, -0.15) is 0 Å². The number of hydrogen-bond acceptors (Lipinski definition) is 3. The number of fused-ring (bicyclic) bond motifs is 1. The Morgan fingerprint density at radius 3 is 2.67 bits per heavy atom. The molecule has 0 unspecified atom stereocenters. The van der Waals surface area contributed by atoms with E-state index in [4.69, 9.17) is 0 Å². The zero-order chi connectivity index (χ0) is 17.4. The van der Waals surface area contributed by atoms with Gasteiger partial charge in [0.1, 0.15) is 5.56 Å². The van der Waals surface area contributed by atoms with Gasteiger partial charge >= 0.3 is 0 Å². The number of ketones is 1. The smallest absolute Gasteiger partial charge is 0.261 e. The fourth-order valence-electron chi connectivity index (χ4n) is 3.05. The molecule has 24 heavy (non-hydrogen) atoms. The average molecular weight is 324 g/mol. The number of aromatic nitrogens is 1. The molecule has 2 aromatic rings. The largest absolute Gasteiger partial charge is 0.325 e. The molecule has 0 spiro atoms. The quantitative estimate of drug-likeness (QED) is 0.891. The molecule has 0 saturated carbocycles. The zero-order valence-corrected chi connectivity index (χ0v) is 14.0. The summed E-state index contributed by atoms with van der Waals surface area (Å²) in [5.41, 5.74) is 3.19. The summed E-state index contributed by atoms with van der Waals surface area (Å²) in [6.07, 6.45) is 1.09. The first-order valence-electron chi connectivity index (χ1n) is 8.03. The van der Waals surface area contributed by atoms with Crippen molar-refractivity contribution in [2.75, 3.05) is 5.32 Å². The molecule has 1 aromatic carbocycles. The van der Waals surface area contributed by atoms with Crippen LogP contribution in [0.2, 0.25) is 0 Å². The highest BCUT2D eigenvalue weighted by atomic mass is 16.2. The molecule has 0 saturated heterocycles. The molecule has 1 aromatic heterocycles. The first kappa shape index (κ1) is 16.2. The highest BCUT2D eigenvalue weighted by Crippen LogP contribution is 2.24. The predicted molar refractivity (Wildman–Crippen MR) is 92.7 cm³/mol. The van der Waals surface area contributed by atoms with Crippen molar-refractivity contribution in [3.8, 4) is 0 Å². The predicted octanol–water partition coefficient (Wildman–Crippen LogP) is 3.01. The van der Waals surface area contributed by atoms with E-state index in [0.717, 1.165) is 11.1 Å². The summed E-state index contributed by atoms with van der Waals surface area (Å²) in [7, 11) is 0. The molecular formula is C19H20N2O3. The number of hydrogen-bond donors (Lipinski definition) is 2. The topological polar surface area (TPSA) is 79.0 Å². The van der Waals surface area contributed by atoms with Gasteiger partial charge in [0.2, 0.25) is 0 Å². The molecule has 1 aliphatic rings. The number of amides is 1. The van der Waals surface area contributed by atoms with E-state index >= 15 is 0 Å². The first-order chi connectivity index (χ1) is 11.3. The maximum atomic E-state index is 12.5. The molecule has 5 nitrogen and oxygen atoms in total. The number of aryl methyl sites for hydroxylation is 2. The minimum absolute atomic E-state index is 0.0270. The standard InChI is InChI=1S/C19H20N2O3/c1-10-4-5-12(3)15(6-10)20-18(23)14-9-13-16(21-19(14)24)7-11(2)8-17(13)22/h4-6,9,11H,7-8H2,1-3H3,(H,20,23)(H,21,24)/t11-/m0/s1. The molecule has 5 heteroatoms. The third-order valence-electron chi connectivity index (χ3n) is 4.40. The van der Waals surface area contributed by atoms with E-state index in [2.05, 4.69) is 10.3 Å². The number of Topliss-reactive ketones (excluding diaryl/α,β-unsaturated/α-hetero) is 1. The monoisotopic (exact) mass is 324 g/mol. The van der Waals surface area contributed by atoms with Crippen LogP contribution in [0.15, 0.2) is 29.1 Å². The van der Waals surface area contributed by atoms with Crippen LogP contribution in [0.4, 0.5) is 5.69 Å². The van der Waals surface area contributed by atoms with Crippen LogP contribution in [0.5, 0.6) is 0 Å². The van der Waals surface area contributed by atoms with Gasteiger partial charge in [0.15, 0.2) is 5.78 Å². The van der Waals surface area contributed by atoms with Gasteiger partial charge in [0.05, 0.1) is 0 Å². The Labute approximate surface area is 140 Å². The first-order valence-corrected chi connectivity index (χ1v) is 8.03. The molecule has 0 fully saturated rings. The van der Waals surface area contributed by atoms with E-state index in [1.165, 1.54) is 6.07 Å². The van der Waals surface area contributed by atoms with E-state index in [9.17, 15) is 14.4 Å². The molecule has 3 rings (SSSR count). The third-order valence-corrected chi connectivity index (χ3v) is 4.40. The molecule has 124 valence electrons. The van der Waals surface area contributed by atoms with Crippen LogP contribution in [0.1, 0.15) is 50.9 Å². The number of aromatic amines is 1. The van der Waals surface area contributed by atoms with Crippen LogP contribution in [-0.4, -0.2) is 16.7 Å². The van der Waals surface area contributed by atoms with Crippen molar-refractivity contribution in [3.05, 3.63) is 62.6 Å². The second kappa shape index (κ2) is 6.07. The van der Waals surface area contributed by atoms with Gasteiger partial charge in [-0.25, -0.2) is 0 Å². The summed E-state index contributed by atoms with van der Waals surface area (Å²) in [5.74, 6) is -0.324. The van der Waals surface area contributed by atoms with Gasteiger partial charge in [-0.15, -0.1) is 0 Å². The molecule has 0 bridgehead atoms. The lowest BCUT2D eigenvalue weighted by atomic mass is 9.86. The SMILES string of the molecule is Cc1ccc(C)c(NC(=O)c2cc3c([nH]c2=O)C[C@H](C)CC3=O)c1. The second-order valence-electron chi connectivity index (χ2n) is 6.61. The highest BCUT2D eigenvalue weighted by Gasteiger charge is 2.25. The van der Waals surface area contributed by atoms with Crippen LogP contribution in [0.25, 0.3) is 0 Å². The molecule has 1 atom stereocenters. The Bertz CT molecular complexity index is 896. The Kier molecular flexibility index (Phi) is 4.09. The third kappa shape index (κ3) is 3.02. The number of H-pyrrole nitrogens is 1. The molecule has 0 aliphatic heterocycles. The lowest BCUT2D eigenvalue weighted by molar-refractivity contribution is 0.0952. The van der Waals surface area contributed by atoms with Gasteiger partial charge in [-0.1, -0.05) is 19.1 Å². The summed E-state index contributed by atoms with van der Waals surface area (Å²) in [4.78, 5) is 39.7. The summed E-state index contributed by atoms with van der Waals surface area (Å²) in [6, 6.07) is 7.15. The maximum absolute atomic E-state index is 12.5. The number of nitrogens with one attached hydrogen (secondary N) is 2. The Morgan fingerprint density at radius 2 is 1.92 bits per heavy atom. The number of anilines is 1. The number of pyridine rings is 1. The summed E-state index contributed by atoms with van der Waals surface area (Å²) < 4.78 is 0. The summed E-state index contributed by atoms with van der Waals surface area (Å²) in [5, 5.41) is 2.77. The van der Waals surface area contributed by atoms with E-state index < -0.39 is 11.5 Å². The van der Waals surface area contributed by atoms with Crippen molar-refractivity contribution in [2.45, 2.75) is 33.6 Å². The fraction of sp³-hybridized carbons (Fsp3) is 0.316. The van der Waals surface area contributed by atoms with Gasteiger partial charge < -0.3 is 10.3 Å². The number of carbonyl (C=O) groups excluding carboxylic acids is 2. The Hall–Kier alpha value is -2.69. The van der Waals surface area contributed by atoms with Gasteiger partial charge in [0, 0.05) is 23.4 Å². The van der Waals surface area contributed by atoms with Gasteiger partial charge in [0.25, 0.3) is 11.5 Å². The lowest BCUT2D eigenvalue weighted by Crippen LogP contribution is -2.29. The average Bonchev–Trinajstić information content (AvgIpc) is 2.50. The molecule has 0 radical (unpaired) electrons. The van der Waals surface area contributed by atoms with E-state index in [1.54, 1.807) is 0 Å². The molecule has 1 heterocycles. The number of carbonyl (C=O) groups is 2. The lowest BCUT2D eigenvalue weighted by Gasteiger charge is -2.20. The van der Waals surface area contributed by atoms with Gasteiger partial charge in [-0.3, -0.25) is 14.4 Å². The Balaban J connectivity index is 1.96. The maximum Gasteiger partial charge on any atom is 0.261 e. The van der Waals surface area contributed by atoms with Crippen LogP contribution in [0, 0.1) is 19.8 Å². The number of benzene rings is 1. The van der Waals surface area contributed by atoms with Crippen molar-refractivity contribution in [3.63, 3.8) is 0 Å². The van der Waals surface area contributed by atoms with Gasteiger partial charge in [-0.05, 0) is 49.4 Å². The van der Waals surface area contributed by atoms with Crippen LogP contribution < -0.4 is 10.9 Å². The van der Waals surface area contributed by atoms with E-state index in [0.29, 0.717) is 29.8 Å². The zero-order valence-electron chi connectivity index (χ0n) is 14.0. The van der Waals surface area contributed by atoms with Crippen molar-refractivity contribution in [2.24, 2.45) is 5.92 Å². The van der Waals surface area contributed by atoms with Crippen LogP contribution in [-0.2, 0) is 6.42 Å². The minimum Gasteiger partial charge on any atom is -0.325 e. The Morgan fingerprint density at radius 1 is 1.17 bits per heavy atom. The highest BCUT2D eigenvalue weighted by molar-refractivity contribution is 6.07. The van der Waals surface area contributed by atoms with Crippen LogP contribution >= 0.6 is 0 Å². The molecular weight excluding hydrogens is 304 g/mol. The molecule has 1 aliphatic carbocycles. The summed E-state index contributed by atoms with van der Waals surface area (Å²) >= 11 is 0. The van der Waals surface area contributed by atoms with Crippen molar-refractivity contribution < 1.29 is 9.59 Å². The normalized spacial score (nSPS) is 16.6. The van der Waals surface area contributed by atoms with Crippen molar-refractivity contribution in [1.29, 1.82) is 0 Å². The van der Waals surface area contributed by atoms with Crippen LogP contribution in [0.3, 0.4) is 0 Å². The summed E-state index contributed by atoms with van der Waals surface area (Å²) in [6.45, 7) is 5.79. The molecule has 2 N–H and O–H groups in total. The number of rotatable bonds is 2. The minimum atomic E-state index is -0.501. The van der Waals surface area contributed by atoms with E-state index in [1.807, 2.05) is 39.0 Å².